The van der Waals surface area contributed by atoms with Gasteiger partial charge in [0.1, 0.15) is 0 Å². The highest BCUT2D eigenvalue weighted by atomic mass is 16.2. The van der Waals surface area contributed by atoms with E-state index in [9.17, 15) is 14.4 Å². The number of nitrogens with zero attached hydrogens (tertiary/aromatic N) is 1. The van der Waals surface area contributed by atoms with Crippen LogP contribution in [-0.4, -0.2) is 42.4 Å². The van der Waals surface area contributed by atoms with Gasteiger partial charge in [0.2, 0.25) is 0 Å². The van der Waals surface area contributed by atoms with Gasteiger partial charge in [-0.25, -0.2) is 4.79 Å². The van der Waals surface area contributed by atoms with Crippen LogP contribution in [0.15, 0.2) is 12.2 Å². The molecule has 6 heteroatoms. The average Bonchev–Trinajstić information content (AvgIpc) is 2.68. The van der Waals surface area contributed by atoms with E-state index in [1.807, 2.05) is 0 Å². The van der Waals surface area contributed by atoms with E-state index in [1.165, 1.54) is 12.2 Å². The molecular formula is C15H25N3O3. The summed E-state index contributed by atoms with van der Waals surface area (Å²) in [4.78, 5) is 35.2. The standard InChI is InChI=1S/C15H25N3O3/c1-15(2,3)8-4-5-9-16-14(21)17-10-11-18-12(19)6-7-13(18)20/h6-7H,4-5,8-11H2,1-3H3,(H2,16,17,21). The Balaban J connectivity index is 2.04. The number of urea groups is 1. The lowest BCUT2D eigenvalue weighted by molar-refractivity contribution is -0.136. The van der Waals surface area contributed by atoms with Crippen LogP contribution in [0.5, 0.6) is 0 Å². The first kappa shape index (κ1) is 17.2. The smallest absolute Gasteiger partial charge is 0.314 e. The molecule has 0 bridgehead atoms. The van der Waals surface area contributed by atoms with Crippen LogP contribution in [-0.2, 0) is 9.59 Å². The molecule has 1 rings (SSSR count). The first-order valence-electron chi connectivity index (χ1n) is 7.35. The number of unbranched alkanes of at least 4 members (excludes halogenated alkanes) is 1. The SMILES string of the molecule is CC(C)(C)CCCCNC(=O)NCCN1C(=O)C=CC1=O. The minimum absolute atomic E-state index is 0.197. The van der Waals surface area contributed by atoms with Crippen LogP contribution in [0.25, 0.3) is 0 Å². The van der Waals surface area contributed by atoms with Crippen molar-refractivity contribution in [3.63, 3.8) is 0 Å². The highest BCUT2D eigenvalue weighted by Crippen LogP contribution is 2.21. The maximum atomic E-state index is 11.5. The molecule has 0 spiro atoms. The molecule has 0 aromatic heterocycles. The van der Waals surface area contributed by atoms with E-state index in [4.69, 9.17) is 0 Å². The molecule has 2 N–H and O–H groups in total. The van der Waals surface area contributed by atoms with E-state index in [0.717, 1.165) is 24.2 Å². The van der Waals surface area contributed by atoms with Crippen molar-refractivity contribution in [3.05, 3.63) is 12.2 Å². The number of hydrogen-bond donors (Lipinski definition) is 2. The summed E-state index contributed by atoms with van der Waals surface area (Å²) in [7, 11) is 0. The monoisotopic (exact) mass is 295 g/mol. The van der Waals surface area contributed by atoms with Crippen molar-refractivity contribution in [3.8, 4) is 0 Å². The lowest BCUT2D eigenvalue weighted by Gasteiger charge is -2.17. The van der Waals surface area contributed by atoms with Crippen LogP contribution >= 0.6 is 0 Å². The molecule has 6 nitrogen and oxygen atoms in total. The van der Waals surface area contributed by atoms with Crippen molar-refractivity contribution in [2.45, 2.75) is 40.0 Å². The van der Waals surface area contributed by atoms with Gasteiger partial charge in [-0.05, 0) is 18.3 Å². The molecular weight excluding hydrogens is 270 g/mol. The Morgan fingerprint density at radius 1 is 1.05 bits per heavy atom. The van der Waals surface area contributed by atoms with E-state index in [-0.39, 0.29) is 30.9 Å². The van der Waals surface area contributed by atoms with E-state index in [2.05, 4.69) is 31.4 Å². The first-order valence-corrected chi connectivity index (χ1v) is 7.35. The lowest BCUT2D eigenvalue weighted by atomic mass is 9.90. The van der Waals surface area contributed by atoms with Crippen LogP contribution in [0.2, 0.25) is 0 Å². The fourth-order valence-corrected chi connectivity index (χ4v) is 1.98. The molecule has 0 aliphatic carbocycles. The second kappa shape index (κ2) is 7.81. The van der Waals surface area contributed by atoms with Gasteiger partial charge in [-0.1, -0.05) is 27.2 Å². The maximum absolute atomic E-state index is 11.5. The Labute approximate surface area is 125 Å². The summed E-state index contributed by atoms with van der Waals surface area (Å²) in [6.45, 7) is 7.68. The van der Waals surface area contributed by atoms with Gasteiger partial charge in [0.15, 0.2) is 0 Å². The lowest BCUT2D eigenvalue weighted by Crippen LogP contribution is -2.42. The van der Waals surface area contributed by atoms with Gasteiger partial charge < -0.3 is 10.6 Å². The van der Waals surface area contributed by atoms with E-state index in [0.29, 0.717) is 12.0 Å². The quantitative estimate of drug-likeness (QED) is 0.551. The predicted molar refractivity (Wildman–Crippen MR) is 80.6 cm³/mol. The van der Waals surface area contributed by atoms with Gasteiger partial charge >= 0.3 is 6.03 Å². The molecule has 0 fully saturated rings. The highest BCUT2D eigenvalue weighted by Gasteiger charge is 2.22. The van der Waals surface area contributed by atoms with Crippen molar-refractivity contribution in [1.82, 2.24) is 15.5 Å². The first-order chi connectivity index (χ1) is 9.79. The largest absolute Gasteiger partial charge is 0.338 e. The molecule has 1 heterocycles. The summed E-state index contributed by atoms with van der Waals surface area (Å²) in [5.41, 5.74) is 0.325. The summed E-state index contributed by atoms with van der Waals surface area (Å²) >= 11 is 0. The Bertz CT molecular complexity index is 406. The molecule has 0 atom stereocenters. The van der Waals surface area contributed by atoms with Crippen LogP contribution in [0, 0.1) is 5.41 Å². The van der Waals surface area contributed by atoms with Gasteiger partial charge in [-0.15, -0.1) is 0 Å². The van der Waals surface area contributed by atoms with Crippen molar-refractivity contribution in [1.29, 1.82) is 0 Å². The van der Waals surface area contributed by atoms with Gasteiger partial charge in [0.05, 0.1) is 0 Å². The zero-order chi connectivity index (χ0) is 15.9. The molecule has 118 valence electrons. The third kappa shape index (κ3) is 6.92. The van der Waals surface area contributed by atoms with E-state index in [1.54, 1.807) is 0 Å². The van der Waals surface area contributed by atoms with E-state index < -0.39 is 0 Å². The Morgan fingerprint density at radius 2 is 1.62 bits per heavy atom. The van der Waals surface area contributed by atoms with Crippen molar-refractivity contribution in [2.24, 2.45) is 5.41 Å². The molecule has 0 unspecified atom stereocenters. The zero-order valence-corrected chi connectivity index (χ0v) is 13.1. The molecule has 0 saturated carbocycles. The van der Waals surface area contributed by atoms with E-state index >= 15 is 0 Å². The molecule has 0 aromatic carbocycles. The summed E-state index contributed by atoms with van der Waals surface area (Å²) in [5.74, 6) is -0.659. The minimum Gasteiger partial charge on any atom is -0.338 e. The van der Waals surface area contributed by atoms with Crippen molar-refractivity contribution < 1.29 is 14.4 Å². The average molecular weight is 295 g/mol. The number of nitrogens with one attached hydrogen (secondary N) is 2. The molecule has 0 radical (unpaired) electrons. The molecule has 1 aliphatic rings. The van der Waals surface area contributed by atoms with Gasteiger partial charge in [-0.3, -0.25) is 14.5 Å². The molecule has 0 saturated heterocycles. The van der Waals surface area contributed by atoms with Crippen LogP contribution in [0.3, 0.4) is 0 Å². The summed E-state index contributed by atoms with van der Waals surface area (Å²) in [5, 5.41) is 5.40. The maximum Gasteiger partial charge on any atom is 0.314 e. The normalized spacial score (nSPS) is 14.7. The summed E-state index contributed by atoms with van der Waals surface area (Å²) in [6, 6.07) is -0.266. The molecule has 0 aromatic rings. The summed E-state index contributed by atoms with van der Waals surface area (Å²) in [6.07, 6.45) is 5.61. The molecule has 21 heavy (non-hydrogen) atoms. The highest BCUT2D eigenvalue weighted by molar-refractivity contribution is 6.12. The Hall–Kier alpha value is -1.85. The second-order valence-electron chi connectivity index (χ2n) is 6.36. The predicted octanol–water partition coefficient (Wildman–Crippen LogP) is 1.43. The van der Waals surface area contributed by atoms with Crippen LogP contribution in [0.4, 0.5) is 4.79 Å². The number of amides is 4. The van der Waals surface area contributed by atoms with Gasteiger partial charge in [0, 0.05) is 31.8 Å². The number of imide groups is 1. The third-order valence-corrected chi connectivity index (χ3v) is 3.16. The Kier molecular flexibility index (Phi) is 6.39. The minimum atomic E-state index is -0.329. The molecule has 4 amide bonds. The molecule has 1 aliphatic heterocycles. The summed E-state index contributed by atoms with van der Waals surface area (Å²) < 4.78 is 0. The van der Waals surface area contributed by atoms with Crippen molar-refractivity contribution in [2.75, 3.05) is 19.6 Å². The third-order valence-electron chi connectivity index (χ3n) is 3.16. The van der Waals surface area contributed by atoms with Gasteiger partial charge in [0.25, 0.3) is 11.8 Å². The van der Waals surface area contributed by atoms with Crippen LogP contribution in [0.1, 0.15) is 40.0 Å². The Morgan fingerprint density at radius 3 is 2.19 bits per heavy atom. The second-order valence-corrected chi connectivity index (χ2v) is 6.36. The number of carbonyl (C=O) groups excluding carboxylic acids is 3. The zero-order valence-electron chi connectivity index (χ0n) is 13.1. The van der Waals surface area contributed by atoms with Crippen LogP contribution < -0.4 is 10.6 Å². The number of carbonyl (C=O) groups is 3. The fourth-order valence-electron chi connectivity index (χ4n) is 1.98. The van der Waals surface area contributed by atoms with Gasteiger partial charge in [-0.2, -0.15) is 0 Å². The number of hydrogen-bond acceptors (Lipinski definition) is 3. The fraction of sp³-hybridized carbons (Fsp3) is 0.667. The number of rotatable bonds is 7. The van der Waals surface area contributed by atoms with Crippen molar-refractivity contribution >= 4 is 17.8 Å². The topological polar surface area (TPSA) is 78.5 Å².